The number of nitrogens with zero attached hydrogens (tertiary/aromatic N) is 5. The van der Waals surface area contributed by atoms with Gasteiger partial charge in [-0.25, -0.2) is 4.98 Å². The maximum atomic E-state index is 13.0. The van der Waals surface area contributed by atoms with Gasteiger partial charge < -0.3 is 43.8 Å². The minimum absolute atomic E-state index is 0.00852. The van der Waals surface area contributed by atoms with E-state index in [2.05, 4.69) is 20.6 Å². The Hall–Kier alpha value is -6.68. The van der Waals surface area contributed by atoms with Crippen LogP contribution in [0.3, 0.4) is 0 Å². The van der Waals surface area contributed by atoms with Crippen LogP contribution in [0.15, 0.2) is 91.6 Å². The summed E-state index contributed by atoms with van der Waals surface area (Å²) in [6, 6.07) is 18.1. The minimum Gasteiger partial charge on any atom is -0.497 e. The van der Waals surface area contributed by atoms with Crippen LogP contribution in [0.4, 0.5) is 0 Å². The number of rotatable bonds is 18. The SMILES string of the molecule is COc1ccc(C(=O)N2CCC(CCCCNC(=O)c3cc4ccncc4s3)CC2)cc1OC.COc1ccc(OC)c(C(=O)N2CCC(CCCCNC(=O)c3ccc4nccn4c3)CC2)c1. The molecule has 6 aromatic rings. The third kappa shape index (κ3) is 12.8. The predicted octanol–water partition coefficient (Wildman–Crippen LogP) is 8.57. The van der Waals surface area contributed by atoms with Crippen LogP contribution < -0.4 is 29.6 Å². The molecule has 2 N–H and O–H groups in total. The number of pyridine rings is 2. The van der Waals surface area contributed by atoms with Gasteiger partial charge in [0, 0.05) is 75.8 Å². The van der Waals surface area contributed by atoms with Gasteiger partial charge in [-0.05, 0) is 116 Å². The molecule has 360 valence electrons. The Kier molecular flexibility index (Phi) is 17.6. The Morgan fingerprint density at radius 1 is 0.647 bits per heavy atom. The highest BCUT2D eigenvalue weighted by Gasteiger charge is 2.27. The van der Waals surface area contributed by atoms with Gasteiger partial charge in [0.05, 0.1) is 49.1 Å². The molecular formula is C52H63N7O8S. The van der Waals surface area contributed by atoms with Gasteiger partial charge in [-0.2, -0.15) is 0 Å². The van der Waals surface area contributed by atoms with Crippen molar-refractivity contribution in [2.75, 3.05) is 67.7 Å². The van der Waals surface area contributed by atoms with Crippen LogP contribution in [0.2, 0.25) is 0 Å². The molecule has 2 fully saturated rings. The number of hydrogen-bond donors (Lipinski definition) is 2. The number of unbranched alkanes of at least 4 members (excludes halogenated alkanes) is 2. The fourth-order valence-corrected chi connectivity index (χ4v) is 9.86. The summed E-state index contributed by atoms with van der Waals surface area (Å²) in [5.74, 6) is 3.60. The average Bonchev–Trinajstić information content (AvgIpc) is 4.06. The number of carbonyl (C=O) groups excluding carboxylic acids is 4. The topological polar surface area (TPSA) is 166 Å². The van der Waals surface area contributed by atoms with Crippen LogP contribution in [0.5, 0.6) is 23.0 Å². The molecule has 0 aliphatic carbocycles. The van der Waals surface area contributed by atoms with E-state index in [1.54, 1.807) is 95.7 Å². The molecule has 68 heavy (non-hydrogen) atoms. The normalized spacial score (nSPS) is 14.2. The van der Waals surface area contributed by atoms with E-state index in [9.17, 15) is 19.2 Å². The smallest absolute Gasteiger partial charge is 0.261 e. The monoisotopic (exact) mass is 945 g/mol. The van der Waals surface area contributed by atoms with E-state index in [4.69, 9.17) is 18.9 Å². The van der Waals surface area contributed by atoms with E-state index >= 15 is 0 Å². The molecule has 0 spiro atoms. The lowest BCUT2D eigenvalue weighted by Crippen LogP contribution is -2.38. The van der Waals surface area contributed by atoms with Crippen LogP contribution in [-0.2, 0) is 0 Å². The molecule has 8 rings (SSSR count). The van der Waals surface area contributed by atoms with Gasteiger partial charge in [0.1, 0.15) is 17.1 Å². The zero-order valence-corrected chi connectivity index (χ0v) is 40.4. The molecule has 2 aliphatic rings. The lowest BCUT2D eigenvalue weighted by molar-refractivity contribution is 0.0676. The first-order valence-corrected chi connectivity index (χ1v) is 24.3. The first-order chi connectivity index (χ1) is 33.2. The first-order valence-electron chi connectivity index (χ1n) is 23.5. The van der Waals surface area contributed by atoms with Crippen LogP contribution in [0, 0.1) is 11.8 Å². The van der Waals surface area contributed by atoms with Crippen molar-refractivity contribution in [1.29, 1.82) is 0 Å². The van der Waals surface area contributed by atoms with Crippen molar-refractivity contribution < 1.29 is 38.1 Å². The summed E-state index contributed by atoms with van der Waals surface area (Å²) in [5, 5.41) is 7.10. The molecule has 4 aromatic heterocycles. The molecule has 0 unspecified atom stereocenters. The van der Waals surface area contributed by atoms with Gasteiger partial charge in [0.25, 0.3) is 23.6 Å². The van der Waals surface area contributed by atoms with Crippen LogP contribution >= 0.6 is 11.3 Å². The number of carbonyl (C=O) groups is 4. The van der Waals surface area contributed by atoms with E-state index in [-0.39, 0.29) is 23.6 Å². The number of methoxy groups -OCH3 is 4. The molecule has 2 aliphatic heterocycles. The number of thiophene rings is 1. The fourth-order valence-electron chi connectivity index (χ4n) is 8.91. The van der Waals surface area contributed by atoms with E-state index in [0.29, 0.717) is 64.6 Å². The van der Waals surface area contributed by atoms with Crippen molar-refractivity contribution in [2.45, 2.75) is 64.2 Å². The molecule has 0 saturated carbocycles. The second-order valence-electron chi connectivity index (χ2n) is 17.2. The van der Waals surface area contributed by atoms with Crippen molar-refractivity contribution in [2.24, 2.45) is 11.8 Å². The van der Waals surface area contributed by atoms with Crippen molar-refractivity contribution in [3.05, 3.63) is 113 Å². The molecule has 0 bridgehead atoms. The average molecular weight is 946 g/mol. The zero-order chi connectivity index (χ0) is 47.8. The summed E-state index contributed by atoms with van der Waals surface area (Å²) in [6.07, 6.45) is 19.2. The molecule has 2 aromatic carbocycles. The van der Waals surface area contributed by atoms with E-state index < -0.39 is 0 Å². The molecular weight excluding hydrogens is 883 g/mol. The molecule has 4 amide bonds. The molecule has 0 radical (unpaired) electrons. The number of nitrogens with one attached hydrogen (secondary N) is 2. The Balaban J connectivity index is 0.000000201. The van der Waals surface area contributed by atoms with Crippen molar-refractivity contribution in [1.82, 2.24) is 34.8 Å². The van der Waals surface area contributed by atoms with Crippen molar-refractivity contribution in [3.63, 3.8) is 0 Å². The highest BCUT2D eigenvalue weighted by Crippen LogP contribution is 2.31. The number of ether oxygens (including phenoxy) is 4. The zero-order valence-electron chi connectivity index (χ0n) is 39.5. The number of amides is 4. The Morgan fingerprint density at radius 2 is 1.28 bits per heavy atom. The number of benzene rings is 2. The van der Waals surface area contributed by atoms with Gasteiger partial charge >= 0.3 is 0 Å². The third-order valence-corrected chi connectivity index (χ3v) is 14.0. The Bertz CT molecular complexity index is 2600. The van der Waals surface area contributed by atoms with Gasteiger partial charge in [0.2, 0.25) is 0 Å². The molecule has 16 heteroatoms. The standard InChI is InChI=1S/C26H32N4O4.C26H31N3O4S/c1-33-21-7-8-23(34-2)22(17-21)26(32)29-14-10-19(11-15-29)5-3-4-12-28-25(31)20-6-9-24-27-13-16-30(24)18-20;1-32-21-7-6-20(15-22(21)33-2)26(31)29-13-9-18(10-14-29)5-3-4-11-28-25(30)23-16-19-8-12-27-17-24(19)34-23/h6-9,13,16-19H,3-5,10-12,14-15H2,1-2H3,(H,28,31);6-8,12,15-18H,3-5,9-11,13-14H2,1-2H3,(H,28,30). The van der Waals surface area contributed by atoms with Gasteiger partial charge in [0.15, 0.2) is 11.5 Å². The highest BCUT2D eigenvalue weighted by atomic mass is 32.1. The van der Waals surface area contributed by atoms with Crippen LogP contribution in [0.25, 0.3) is 15.7 Å². The fraction of sp³-hybridized carbons (Fsp3) is 0.423. The molecule has 2 saturated heterocycles. The van der Waals surface area contributed by atoms with Gasteiger partial charge in [-0.3, -0.25) is 24.2 Å². The summed E-state index contributed by atoms with van der Waals surface area (Å²) in [7, 11) is 6.32. The van der Waals surface area contributed by atoms with Crippen molar-refractivity contribution in [3.8, 4) is 23.0 Å². The summed E-state index contributed by atoms with van der Waals surface area (Å²) in [4.78, 5) is 63.6. The second kappa shape index (κ2) is 24.4. The Labute approximate surface area is 402 Å². The largest absolute Gasteiger partial charge is 0.497 e. The minimum atomic E-state index is -0.0598. The number of hydrogen-bond acceptors (Lipinski definition) is 11. The number of piperidine rings is 2. The molecule has 15 nitrogen and oxygen atoms in total. The number of fused-ring (bicyclic) bond motifs is 2. The maximum absolute atomic E-state index is 13.0. The van der Waals surface area contributed by atoms with Crippen molar-refractivity contribution >= 4 is 50.7 Å². The second-order valence-corrected chi connectivity index (χ2v) is 18.3. The molecule has 0 atom stereocenters. The van der Waals surface area contributed by atoms with E-state index in [0.717, 1.165) is 111 Å². The van der Waals surface area contributed by atoms with E-state index in [1.165, 1.54) is 11.3 Å². The highest BCUT2D eigenvalue weighted by molar-refractivity contribution is 7.20. The number of aromatic nitrogens is 3. The number of likely N-dealkylation sites (tertiary alicyclic amines) is 2. The third-order valence-electron chi connectivity index (χ3n) is 12.9. The summed E-state index contributed by atoms with van der Waals surface area (Å²) in [6.45, 7) is 4.38. The van der Waals surface area contributed by atoms with E-state index in [1.807, 2.05) is 38.6 Å². The quantitative estimate of drug-likeness (QED) is 0.0798. The van der Waals surface area contributed by atoms with Gasteiger partial charge in [-0.1, -0.05) is 25.7 Å². The predicted molar refractivity (Wildman–Crippen MR) is 264 cm³/mol. The summed E-state index contributed by atoms with van der Waals surface area (Å²) < 4.78 is 24.1. The Morgan fingerprint density at radius 3 is 1.93 bits per heavy atom. The summed E-state index contributed by atoms with van der Waals surface area (Å²) in [5.41, 5.74) is 2.63. The van der Waals surface area contributed by atoms with Crippen LogP contribution in [-0.4, -0.2) is 116 Å². The number of imidazole rings is 1. The first kappa shape index (κ1) is 49.2. The lowest BCUT2D eigenvalue weighted by atomic mass is 9.91. The summed E-state index contributed by atoms with van der Waals surface area (Å²) >= 11 is 1.48. The molecule has 6 heterocycles. The lowest BCUT2D eigenvalue weighted by Gasteiger charge is -2.32. The maximum Gasteiger partial charge on any atom is 0.261 e. The van der Waals surface area contributed by atoms with Gasteiger partial charge in [-0.15, -0.1) is 11.3 Å². The van der Waals surface area contributed by atoms with Crippen LogP contribution in [0.1, 0.15) is 105 Å².